The fraction of sp³-hybridized carbons (Fsp3) is 0.500. The molecule has 5 rings (SSSR count). The van der Waals surface area contributed by atoms with Gasteiger partial charge in [0.15, 0.2) is 5.16 Å². The normalized spacial score (nSPS) is 18.8. The molecule has 0 atom stereocenters. The third kappa shape index (κ3) is 4.37. The number of thioether (sulfide) groups is 1. The van der Waals surface area contributed by atoms with Crippen molar-refractivity contribution < 1.29 is 4.74 Å². The topological polar surface area (TPSA) is 44.1 Å². The van der Waals surface area contributed by atoms with Crippen LogP contribution in [0.4, 0.5) is 0 Å². The van der Waals surface area contributed by atoms with Crippen LogP contribution in [-0.2, 0) is 23.5 Å². The Kier molecular flexibility index (Phi) is 6.36. The number of aromatic nitrogens is 2. The van der Waals surface area contributed by atoms with Crippen LogP contribution in [0.25, 0.3) is 10.2 Å². The van der Waals surface area contributed by atoms with Crippen LogP contribution >= 0.6 is 46.3 Å². The van der Waals surface area contributed by atoms with Crippen molar-refractivity contribution in [1.82, 2.24) is 9.55 Å². The van der Waals surface area contributed by atoms with Crippen molar-refractivity contribution in [1.29, 1.82) is 0 Å². The molecule has 32 heavy (non-hydrogen) atoms. The van der Waals surface area contributed by atoms with Gasteiger partial charge in [0, 0.05) is 33.1 Å². The quantitative estimate of drug-likeness (QED) is 0.271. The van der Waals surface area contributed by atoms with Crippen molar-refractivity contribution in [3.05, 3.63) is 54.6 Å². The van der Waals surface area contributed by atoms with Gasteiger partial charge in [-0.15, -0.1) is 11.3 Å². The smallest absolute Gasteiger partial charge is 0.263 e. The van der Waals surface area contributed by atoms with E-state index in [4.69, 9.17) is 32.9 Å². The summed E-state index contributed by atoms with van der Waals surface area (Å²) in [6.45, 7) is 4.73. The Labute approximate surface area is 206 Å². The zero-order valence-electron chi connectivity index (χ0n) is 18.2. The molecule has 0 unspecified atom stereocenters. The highest BCUT2D eigenvalue weighted by atomic mass is 35.5. The van der Waals surface area contributed by atoms with Gasteiger partial charge < -0.3 is 4.74 Å². The maximum atomic E-state index is 13.9. The third-order valence-corrected chi connectivity index (χ3v) is 9.10. The second kappa shape index (κ2) is 8.95. The highest BCUT2D eigenvalue weighted by molar-refractivity contribution is 7.98. The van der Waals surface area contributed by atoms with Crippen molar-refractivity contribution in [2.24, 2.45) is 0 Å². The molecule has 3 aromatic rings. The molecule has 2 aromatic heterocycles. The van der Waals surface area contributed by atoms with Crippen molar-refractivity contribution in [2.75, 3.05) is 0 Å². The summed E-state index contributed by atoms with van der Waals surface area (Å²) in [6, 6.07) is 5.77. The summed E-state index contributed by atoms with van der Waals surface area (Å²) in [5.74, 6) is 0.641. The Bertz CT molecular complexity index is 1230. The van der Waals surface area contributed by atoms with E-state index in [-0.39, 0.29) is 17.2 Å². The largest absolute Gasteiger partial charge is 0.370 e. The summed E-state index contributed by atoms with van der Waals surface area (Å²) in [5.41, 5.74) is 1.98. The number of ether oxygens (including phenoxy) is 1. The monoisotopic (exact) mass is 508 g/mol. The molecule has 1 aromatic carbocycles. The maximum absolute atomic E-state index is 13.9. The molecule has 0 radical (unpaired) electrons. The number of thiophene rings is 1. The Morgan fingerprint density at radius 1 is 1.25 bits per heavy atom. The van der Waals surface area contributed by atoms with Gasteiger partial charge in [0.2, 0.25) is 0 Å². The molecule has 1 aliphatic heterocycles. The molecular weight excluding hydrogens is 483 g/mol. The van der Waals surface area contributed by atoms with Crippen molar-refractivity contribution in [2.45, 2.75) is 81.5 Å². The van der Waals surface area contributed by atoms with Gasteiger partial charge in [-0.25, -0.2) is 4.98 Å². The molecule has 8 heteroatoms. The van der Waals surface area contributed by atoms with Gasteiger partial charge in [-0.2, -0.15) is 0 Å². The lowest BCUT2D eigenvalue weighted by Crippen LogP contribution is -2.33. The number of hydrogen-bond acceptors (Lipinski definition) is 5. The number of halogens is 2. The van der Waals surface area contributed by atoms with Gasteiger partial charge in [-0.1, -0.05) is 60.3 Å². The van der Waals surface area contributed by atoms with Crippen LogP contribution in [0.1, 0.15) is 68.0 Å². The first-order valence-corrected chi connectivity index (χ1v) is 13.7. The number of benzene rings is 1. The maximum Gasteiger partial charge on any atom is 0.263 e. The van der Waals surface area contributed by atoms with E-state index in [1.807, 2.05) is 16.7 Å². The van der Waals surface area contributed by atoms with E-state index in [2.05, 4.69) is 13.8 Å². The molecule has 1 fully saturated rings. The Morgan fingerprint density at radius 3 is 2.78 bits per heavy atom. The van der Waals surface area contributed by atoms with Crippen LogP contribution in [0, 0.1) is 0 Å². The van der Waals surface area contributed by atoms with Crippen molar-refractivity contribution >= 4 is 56.5 Å². The average molecular weight is 510 g/mol. The minimum absolute atomic E-state index is 0.113. The highest BCUT2D eigenvalue weighted by Gasteiger charge is 2.32. The second-order valence-electron chi connectivity index (χ2n) is 9.29. The number of hydrogen-bond donors (Lipinski definition) is 0. The number of fused-ring (bicyclic) bond motifs is 3. The molecule has 2 aliphatic rings. The minimum Gasteiger partial charge on any atom is -0.370 e. The van der Waals surface area contributed by atoms with E-state index in [1.165, 1.54) is 6.42 Å². The zero-order valence-corrected chi connectivity index (χ0v) is 21.4. The lowest BCUT2D eigenvalue weighted by Gasteiger charge is -2.30. The number of nitrogens with zero attached hydrogens (tertiary/aromatic N) is 2. The van der Waals surface area contributed by atoms with Crippen LogP contribution < -0.4 is 5.56 Å². The van der Waals surface area contributed by atoms with E-state index >= 15 is 0 Å². The molecule has 0 amide bonds. The molecule has 170 valence electrons. The van der Waals surface area contributed by atoms with Crippen LogP contribution in [0.5, 0.6) is 0 Å². The van der Waals surface area contributed by atoms with E-state index < -0.39 is 0 Å². The summed E-state index contributed by atoms with van der Waals surface area (Å²) in [6.07, 6.45) is 6.36. The zero-order chi connectivity index (χ0) is 22.5. The first-order chi connectivity index (χ1) is 15.3. The first-order valence-electron chi connectivity index (χ1n) is 11.1. The molecule has 1 saturated carbocycles. The SMILES string of the molecule is CC1(C)Cc2c(sc3nc(SCc4ccc(Cl)cc4Cl)n(C4CCCCC4)c(=O)c23)CO1. The fourth-order valence-corrected chi connectivity index (χ4v) is 7.50. The van der Waals surface area contributed by atoms with Gasteiger partial charge in [-0.3, -0.25) is 9.36 Å². The van der Waals surface area contributed by atoms with Crippen molar-refractivity contribution in [3.63, 3.8) is 0 Å². The summed E-state index contributed by atoms with van der Waals surface area (Å²) < 4.78 is 8.00. The minimum atomic E-state index is -0.262. The first kappa shape index (κ1) is 22.7. The lowest BCUT2D eigenvalue weighted by atomic mass is 9.93. The molecule has 4 nitrogen and oxygen atoms in total. The van der Waals surface area contributed by atoms with Crippen molar-refractivity contribution in [3.8, 4) is 0 Å². The fourth-order valence-electron chi connectivity index (χ4n) is 4.73. The van der Waals surface area contributed by atoms with Crippen LogP contribution in [0.2, 0.25) is 10.0 Å². The standard InChI is InChI=1S/C24H26Cl2N2O2S2/c1-24(2)11-17-19(12-30-24)32-21-20(17)22(29)28(16-6-4-3-5-7-16)23(27-21)31-13-14-8-9-15(25)10-18(14)26/h8-10,16H,3-7,11-13H2,1-2H3. The second-order valence-corrected chi connectivity index (χ2v) is 12.2. The summed E-state index contributed by atoms with van der Waals surface area (Å²) in [4.78, 5) is 21.0. The highest BCUT2D eigenvalue weighted by Crippen LogP contribution is 2.39. The molecule has 1 aliphatic carbocycles. The van der Waals surface area contributed by atoms with Crippen LogP contribution in [-0.4, -0.2) is 15.2 Å². The molecule has 3 heterocycles. The average Bonchev–Trinajstić information content (AvgIpc) is 3.10. The summed E-state index contributed by atoms with van der Waals surface area (Å²) >= 11 is 15.7. The molecule has 0 N–H and O–H groups in total. The Hall–Kier alpha value is -1.05. The molecule has 0 bridgehead atoms. The Balaban J connectivity index is 1.60. The van der Waals surface area contributed by atoms with Crippen LogP contribution in [0.15, 0.2) is 28.2 Å². The van der Waals surface area contributed by atoms with Gasteiger partial charge in [-0.05, 0) is 49.9 Å². The Morgan fingerprint density at radius 2 is 2.03 bits per heavy atom. The van der Waals surface area contributed by atoms with E-state index in [0.717, 1.165) is 63.5 Å². The van der Waals surface area contributed by atoms with E-state index in [0.29, 0.717) is 22.4 Å². The van der Waals surface area contributed by atoms with Gasteiger partial charge >= 0.3 is 0 Å². The van der Waals surface area contributed by atoms with Gasteiger partial charge in [0.1, 0.15) is 4.83 Å². The summed E-state index contributed by atoms with van der Waals surface area (Å²) in [7, 11) is 0. The third-order valence-electron chi connectivity index (χ3n) is 6.42. The van der Waals surface area contributed by atoms with Gasteiger partial charge in [0.25, 0.3) is 5.56 Å². The van der Waals surface area contributed by atoms with E-state index in [9.17, 15) is 4.79 Å². The summed E-state index contributed by atoms with van der Waals surface area (Å²) in [5, 5.41) is 2.86. The predicted octanol–water partition coefficient (Wildman–Crippen LogP) is 7.41. The van der Waals surface area contributed by atoms with Crippen LogP contribution in [0.3, 0.4) is 0 Å². The molecule has 0 saturated heterocycles. The van der Waals surface area contributed by atoms with E-state index in [1.54, 1.807) is 29.2 Å². The lowest BCUT2D eigenvalue weighted by molar-refractivity contribution is -0.0379. The van der Waals surface area contributed by atoms with Gasteiger partial charge in [0.05, 0.1) is 17.6 Å². The molecular formula is C24H26Cl2N2O2S2. The number of rotatable bonds is 4. The molecule has 0 spiro atoms. The predicted molar refractivity (Wildman–Crippen MR) is 135 cm³/mol.